The summed E-state index contributed by atoms with van der Waals surface area (Å²) >= 11 is 0. The van der Waals surface area contributed by atoms with Gasteiger partial charge < -0.3 is 20.4 Å². The van der Waals surface area contributed by atoms with Crippen molar-refractivity contribution >= 4 is 35.8 Å². The first-order valence-corrected chi connectivity index (χ1v) is 12.5. The van der Waals surface area contributed by atoms with Crippen molar-refractivity contribution < 1.29 is 4.79 Å². The van der Waals surface area contributed by atoms with Crippen LogP contribution in [0.5, 0.6) is 0 Å². The molecule has 2 aliphatic heterocycles. The number of guanidine groups is 1. The van der Waals surface area contributed by atoms with Crippen LogP contribution in [0.25, 0.3) is 0 Å². The Morgan fingerprint density at radius 1 is 0.903 bits per heavy atom. The van der Waals surface area contributed by atoms with E-state index in [2.05, 4.69) is 39.2 Å². The van der Waals surface area contributed by atoms with E-state index >= 15 is 0 Å². The number of piperidine rings is 1. The molecule has 2 heterocycles. The van der Waals surface area contributed by atoms with Crippen LogP contribution in [0.15, 0.2) is 4.99 Å². The van der Waals surface area contributed by atoms with Gasteiger partial charge in [-0.05, 0) is 45.6 Å². The van der Waals surface area contributed by atoms with Crippen LogP contribution in [0, 0.1) is 5.92 Å². The molecule has 1 aliphatic carbocycles. The molecule has 3 fully saturated rings. The summed E-state index contributed by atoms with van der Waals surface area (Å²) in [7, 11) is 0. The molecule has 0 aromatic carbocycles. The molecule has 1 saturated carbocycles. The van der Waals surface area contributed by atoms with Crippen molar-refractivity contribution in [1.82, 2.24) is 25.3 Å². The highest BCUT2D eigenvalue weighted by atomic mass is 127. The summed E-state index contributed by atoms with van der Waals surface area (Å²) in [5.41, 5.74) is 0. The van der Waals surface area contributed by atoms with E-state index in [1.807, 2.05) is 0 Å². The lowest BCUT2D eigenvalue weighted by molar-refractivity contribution is -0.137. The van der Waals surface area contributed by atoms with E-state index in [-0.39, 0.29) is 24.0 Å². The number of hydrogen-bond donors (Lipinski definition) is 2. The molecule has 7 nitrogen and oxygen atoms in total. The number of piperazine rings is 1. The topological polar surface area (TPSA) is 63.2 Å². The Labute approximate surface area is 206 Å². The fourth-order valence-corrected chi connectivity index (χ4v) is 5.06. The normalized spacial score (nSPS) is 22.4. The number of carbonyl (C=O) groups is 1. The molecule has 0 spiro atoms. The predicted molar refractivity (Wildman–Crippen MR) is 139 cm³/mol. The second-order valence-corrected chi connectivity index (χ2v) is 9.17. The third kappa shape index (κ3) is 8.68. The quantitative estimate of drug-likeness (QED) is 0.277. The summed E-state index contributed by atoms with van der Waals surface area (Å²) in [4.78, 5) is 24.6. The summed E-state index contributed by atoms with van der Waals surface area (Å²) in [5.74, 6) is 1.68. The number of hydrogen-bond acceptors (Lipinski definition) is 4. The van der Waals surface area contributed by atoms with Crippen LogP contribution >= 0.6 is 24.0 Å². The minimum atomic E-state index is 0. The monoisotopic (exact) mass is 548 g/mol. The first-order valence-electron chi connectivity index (χ1n) is 12.5. The van der Waals surface area contributed by atoms with Crippen molar-refractivity contribution in [2.24, 2.45) is 10.9 Å². The van der Waals surface area contributed by atoms with Crippen molar-refractivity contribution in [2.45, 2.75) is 64.8 Å². The molecule has 0 aromatic heterocycles. The summed E-state index contributed by atoms with van der Waals surface area (Å²) in [5, 5.41) is 7.06. The lowest BCUT2D eigenvalue weighted by Crippen LogP contribution is -2.51. The summed E-state index contributed by atoms with van der Waals surface area (Å²) in [6, 6.07) is 0.529. The summed E-state index contributed by atoms with van der Waals surface area (Å²) in [6.45, 7) is 14.4. The van der Waals surface area contributed by atoms with Crippen LogP contribution in [0.1, 0.15) is 58.8 Å². The van der Waals surface area contributed by atoms with Gasteiger partial charge in [-0.2, -0.15) is 0 Å². The third-order valence-electron chi connectivity index (χ3n) is 6.89. The Morgan fingerprint density at radius 2 is 1.55 bits per heavy atom. The maximum atomic E-state index is 12.6. The molecule has 3 rings (SSSR count). The zero-order chi connectivity index (χ0) is 21.2. The van der Waals surface area contributed by atoms with Gasteiger partial charge in [0, 0.05) is 64.3 Å². The van der Waals surface area contributed by atoms with E-state index < -0.39 is 0 Å². The van der Waals surface area contributed by atoms with Gasteiger partial charge in [0.15, 0.2) is 5.96 Å². The molecule has 8 heteroatoms. The summed E-state index contributed by atoms with van der Waals surface area (Å²) < 4.78 is 0. The van der Waals surface area contributed by atoms with Crippen LogP contribution in [-0.4, -0.2) is 98.1 Å². The highest BCUT2D eigenvalue weighted by Crippen LogP contribution is 2.26. The second-order valence-electron chi connectivity index (χ2n) is 9.17. The number of carbonyl (C=O) groups excluding carboxylic acids is 1. The van der Waals surface area contributed by atoms with Crippen LogP contribution in [0.2, 0.25) is 0 Å². The Kier molecular flexibility index (Phi) is 12.5. The molecule has 0 aromatic rings. The molecule has 2 saturated heterocycles. The van der Waals surface area contributed by atoms with Crippen LogP contribution in [0.3, 0.4) is 0 Å². The van der Waals surface area contributed by atoms with Gasteiger partial charge in [-0.25, -0.2) is 0 Å². The number of amides is 1. The van der Waals surface area contributed by atoms with Gasteiger partial charge in [0.25, 0.3) is 0 Å². The molecule has 0 unspecified atom stereocenters. The van der Waals surface area contributed by atoms with Gasteiger partial charge in [0.1, 0.15) is 0 Å². The van der Waals surface area contributed by atoms with Crippen LogP contribution < -0.4 is 10.6 Å². The smallest absolute Gasteiger partial charge is 0.225 e. The zero-order valence-electron chi connectivity index (χ0n) is 19.8. The molecule has 3 aliphatic rings. The molecule has 0 radical (unpaired) electrons. The van der Waals surface area contributed by atoms with Gasteiger partial charge in [-0.1, -0.05) is 19.8 Å². The maximum absolute atomic E-state index is 12.6. The largest absolute Gasteiger partial charge is 0.357 e. The lowest BCUT2D eigenvalue weighted by atomic mass is 10.1. The van der Waals surface area contributed by atoms with E-state index in [0.29, 0.717) is 17.9 Å². The molecule has 180 valence electrons. The van der Waals surface area contributed by atoms with Gasteiger partial charge >= 0.3 is 0 Å². The van der Waals surface area contributed by atoms with Gasteiger partial charge in [-0.15, -0.1) is 24.0 Å². The van der Waals surface area contributed by atoms with Gasteiger partial charge in [0.2, 0.25) is 5.91 Å². The minimum absolute atomic E-state index is 0. The summed E-state index contributed by atoms with van der Waals surface area (Å²) in [6.07, 6.45) is 8.30. The second kappa shape index (κ2) is 14.5. The Morgan fingerprint density at radius 3 is 2.16 bits per heavy atom. The minimum Gasteiger partial charge on any atom is -0.357 e. The number of likely N-dealkylation sites (tertiary alicyclic amines) is 1. The van der Waals surface area contributed by atoms with Crippen molar-refractivity contribution in [3.8, 4) is 0 Å². The van der Waals surface area contributed by atoms with Gasteiger partial charge in [-0.3, -0.25) is 14.7 Å². The van der Waals surface area contributed by atoms with Gasteiger partial charge in [0.05, 0.1) is 6.54 Å². The maximum Gasteiger partial charge on any atom is 0.225 e. The molecule has 0 bridgehead atoms. The molecule has 31 heavy (non-hydrogen) atoms. The standard InChI is InChI=1S/C23H44N6O.HI/c1-3-12-27-13-9-21(10-14-27)26-23(24-4-2)25-11-15-28-16-18-29(19-17-28)22(30)20-7-5-6-8-20;/h20-21H,3-19H2,1-2H3,(H2,24,25,26);1H. The van der Waals surface area contributed by atoms with E-state index in [9.17, 15) is 4.79 Å². The van der Waals surface area contributed by atoms with E-state index in [0.717, 1.165) is 64.6 Å². The van der Waals surface area contributed by atoms with Crippen molar-refractivity contribution in [3.63, 3.8) is 0 Å². The molecular weight excluding hydrogens is 503 g/mol. The highest BCUT2D eigenvalue weighted by molar-refractivity contribution is 14.0. The Balaban J connectivity index is 0.00000341. The molecule has 0 atom stereocenters. The first-order chi connectivity index (χ1) is 14.7. The Bertz CT molecular complexity index is 538. The van der Waals surface area contributed by atoms with Crippen molar-refractivity contribution in [3.05, 3.63) is 0 Å². The van der Waals surface area contributed by atoms with E-state index in [4.69, 9.17) is 4.99 Å². The lowest BCUT2D eigenvalue weighted by Gasteiger charge is -2.35. The van der Waals surface area contributed by atoms with Crippen molar-refractivity contribution in [2.75, 3.05) is 65.4 Å². The highest BCUT2D eigenvalue weighted by Gasteiger charge is 2.29. The molecule has 2 N–H and O–H groups in total. The average molecular weight is 549 g/mol. The number of aliphatic imine (C=N–C) groups is 1. The van der Waals surface area contributed by atoms with Crippen LogP contribution in [0.4, 0.5) is 0 Å². The number of halogens is 1. The number of nitrogens with zero attached hydrogens (tertiary/aromatic N) is 4. The fourth-order valence-electron chi connectivity index (χ4n) is 5.06. The SMILES string of the molecule is CCCN1CCC(NC(=NCCN2CCN(C(=O)C3CCCC3)CC2)NCC)CC1.I. The fraction of sp³-hybridized carbons (Fsp3) is 0.913. The van der Waals surface area contributed by atoms with Crippen molar-refractivity contribution in [1.29, 1.82) is 0 Å². The Hall–Kier alpha value is -0.610. The third-order valence-corrected chi connectivity index (χ3v) is 6.89. The average Bonchev–Trinajstić information content (AvgIpc) is 3.30. The predicted octanol–water partition coefficient (Wildman–Crippen LogP) is 2.37. The number of nitrogens with one attached hydrogen (secondary N) is 2. The molecule has 1 amide bonds. The molecular formula is C23H45IN6O. The van der Waals surface area contributed by atoms with E-state index in [1.54, 1.807) is 0 Å². The number of rotatable bonds is 8. The van der Waals surface area contributed by atoms with Crippen LogP contribution in [-0.2, 0) is 4.79 Å². The van der Waals surface area contributed by atoms with E-state index in [1.165, 1.54) is 51.7 Å². The zero-order valence-corrected chi connectivity index (χ0v) is 22.1. The first kappa shape index (κ1) is 26.6.